The Morgan fingerprint density at radius 1 is 0.968 bits per heavy atom. The normalized spacial score (nSPS) is 14.7. The first-order valence-electron chi connectivity index (χ1n) is 9.70. The molecule has 31 heavy (non-hydrogen) atoms. The standard InChI is InChI=1S/C25H21BrN2O3/c1-16-7-6-8-18(13-16)28-24(20-9-4-5-10-21(20)26)27-22(25(28)29)14-17-11-12-19(30-2)15-23(17)31-3/h4-15H,1-3H3/b22-14+. The number of methoxy groups -OCH3 is 2. The fourth-order valence-corrected chi connectivity index (χ4v) is 3.89. The molecule has 3 aromatic carbocycles. The molecule has 0 fully saturated rings. The van der Waals surface area contributed by atoms with Gasteiger partial charge in [-0.2, -0.15) is 0 Å². The Morgan fingerprint density at radius 2 is 1.77 bits per heavy atom. The number of carbonyl (C=O) groups is 1. The molecule has 0 N–H and O–H groups in total. The molecule has 1 heterocycles. The number of ether oxygens (including phenoxy) is 2. The summed E-state index contributed by atoms with van der Waals surface area (Å²) in [6.07, 6.45) is 1.74. The lowest BCUT2D eigenvalue weighted by atomic mass is 10.1. The highest BCUT2D eigenvalue weighted by Gasteiger charge is 2.33. The maximum absolute atomic E-state index is 13.5. The van der Waals surface area contributed by atoms with Crippen LogP contribution in [0.15, 0.2) is 81.9 Å². The zero-order valence-electron chi connectivity index (χ0n) is 17.4. The average molecular weight is 477 g/mol. The number of halogens is 1. The predicted octanol–water partition coefficient (Wildman–Crippen LogP) is 5.61. The van der Waals surface area contributed by atoms with Crippen LogP contribution < -0.4 is 14.4 Å². The largest absolute Gasteiger partial charge is 0.497 e. The SMILES string of the molecule is COc1ccc(/C=C2/N=C(c3ccccc3Br)N(c3cccc(C)c3)C2=O)c(OC)c1. The van der Waals surface area contributed by atoms with Gasteiger partial charge in [0.25, 0.3) is 5.91 Å². The van der Waals surface area contributed by atoms with E-state index in [-0.39, 0.29) is 5.91 Å². The van der Waals surface area contributed by atoms with Crippen LogP contribution in [0.5, 0.6) is 11.5 Å². The molecule has 1 amide bonds. The first-order chi connectivity index (χ1) is 15.0. The van der Waals surface area contributed by atoms with Gasteiger partial charge >= 0.3 is 0 Å². The van der Waals surface area contributed by atoms with Crippen molar-refractivity contribution in [2.75, 3.05) is 19.1 Å². The fourth-order valence-electron chi connectivity index (χ4n) is 3.43. The first-order valence-corrected chi connectivity index (χ1v) is 10.5. The minimum Gasteiger partial charge on any atom is -0.497 e. The van der Waals surface area contributed by atoms with E-state index in [9.17, 15) is 4.79 Å². The zero-order chi connectivity index (χ0) is 22.0. The maximum Gasteiger partial charge on any atom is 0.282 e. The number of anilines is 1. The number of aliphatic imine (C=N–C) groups is 1. The summed E-state index contributed by atoms with van der Waals surface area (Å²) in [6.45, 7) is 2.00. The summed E-state index contributed by atoms with van der Waals surface area (Å²) in [4.78, 5) is 19.9. The van der Waals surface area contributed by atoms with E-state index in [1.54, 1.807) is 31.3 Å². The van der Waals surface area contributed by atoms with Gasteiger partial charge in [-0.05, 0) is 48.9 Å². The van der Waals surface area contributed by atoms with Crippen LogP contribution in [0.3, 0.4) is 0 Å². The van der Waals surface area contributed by atoms with Gasteiger partial charge in [0.2, 0.25) is 0 Å². The minimum absolute atomic E-state index is 0.200. The molecule has 0 unspecified atom stereocenters. The molecule has 1 aliphatic rings. The minimum atomic E-state index is -0.200. The Labute approximate surface area is 189 Å². The van der Waals surface area contributed by atoms with E-state index in [1.165, 1.54) is 0 Å². The van der Waals surface area contributed by atoms with E-state index >= 15 is 0 Å². The predicted molar refractivity (Wildman–Crippen MR) is 127 cm³/mol. The van der Waals surface area contributed by atoms with Crippen LogP contribution in [0.4, 0.5) is 5.69 Å². The van der Waals surface area contributed by atoms with Crippen molar-refractivity contribution in [3.63, 3.8) is 0 Å². The van der Waals surface area contributed by atoms with Gasteiger partial charge in [-0.1, -0.05) is 46.3 Å². The van der Waals surface area contributed by atoms with Gasteiger partial charge in [0.05, 0.1) is 19.9 Å². The van der Waals surface area contributed by atoms with Gasteiger partial charge in [0, 0.05) is 21.7 Å². The van der Waals surface area contributed by atoms with Crippen LogP contribution in [0, 0.1) is 6.92 Å². The molecule has 0 bridgehead atoms. The summed E-state index contributed by atoms with van der Waals surface area (Å²) in [5, 5.41) is 0. The van der Waals surface area contributed by atoms with Crippen LogP contribution >= 0.6 is 15.9 Å². The van der Waals surface area contributed by atoms with Crippen LogP contribution in [0.25, 0.3) is 6.08 Å². The van der Waals surface area contributed by atoms with Crippen molar-refractivity contribution in [3.05, 3.63) is 93.6 Å². The van der Waals surface area contributed by atoms with Crippen molar-refractivity contribution in [3.8, 4) is 11.5 Å². The second-order valence-electron chi connectivity index (χ2n) is 7.03. The van der Waals surface area contributed by atoms with Gasteiger partial charge in [-0.15, -0.1) is 0 Å². The number of benzene rings is 3. The summed E-state index contributed by atoms with van der Waals surface area (Å²) in [5.74, 6) is 1.65. The van der Waals surface area contributed by atoms with Crippen LogP contribution in [-0.2, 0) is 4.79 Å². The number of aryl methyl sites for hydroxylation is 1. The van der Waals surface area contributed by atoms with Gasteiger partial charge < -0.3 is 9.47 Å². The monoisotopic (exact) mass is 476 g/mol. The number of amidine groups is 1. The highest BCUT2D eigenvalue weighted by molar-refractivity contribution is 9.10. The Morgan fingerprint density at radius 3 is 2.48 bits per heavy atom. The van der Waals surface area contributed by atoms with Gasteiger partial charge in [-0.25, -0.2) is 4.99 Å². The Kier molecular flexibility index (Phi) is 5.91. The molecule has 0 aromatic heterocycles. The molecule has 1 aliphatic heterocycles. The highest BCUT2D eigenvalue weighted by atomic mass is 79.9. The summed E-state index contributed by atoms with van der Waals surface area (Å²) in [6, 6.07) is 21.0. The molecular weight excluding hydrogens is 456 g/mol. The second-order valence-corrected chi connectivity index (χ2v) is 7.89. The lowest BCUT2D eigenvalue weighted by molar-refractivity contribution is -0.113. The summed E-state index contributed by atoms with van der Waals surface area (Å²) in [7, 11) is 3.18. The average Bonchev–Trinajstić information content (AvgIpc) is 3.10. The molecule has 5 nitrogen and oxygen atoms in total. The highest BCUT2D eigenvalue weighted by Crippen LogP contribution is 2.33. The Hall–Kier alpha value is -3.38. The van der Waals surface area contributed by atoms with E-state index in [1.807, 2.05) is 67.6 Å². The number of hydrogen-bond donors (Lipinski definition) is 0. The quantitative estimate of drug-likeness (QED) is 0.449. The van der Waals surface area contributed by atoms with Crippen molar-refractivity contribution in [2.24, 2.45) is 4.99 Å². The van der Waals surface area contributed by atoms with Gasteiger partial charge in [0.1, 0.15) is 23.0 Å². The summed E-state index contributed by atoms with van der Waals surface area (Å²) in [5.41, 5.74) is 3.74. The molecule has 0 saturated carbocycles. The third kappa shape index (κ3) is 4.11. The van der Waals surface area contributed by atoms with Crippen LogP contribution in [-0.4, -0.2) is 26.0 Å². The molecule has 4 rings (SSSR count). The molecule has 0 aliphatic carbocycles. The summed E-state index contributed by atoms with van der Waals surface area (Å²) < 4.78 is 11.6. The van der Waals surface area contributed by atoms with Crippen molar-refractivity contribution in [1.29, 1.82) is 0 Å². The Balaban J connectivity index is 1.86. The molecule has 0 atom stereocenters. The summed E-state index contributed by atoms with van der Waals surface area (Å²) >= 11 is 3.59. The smallest absolute Gasteiger partial charge is 0.282 e. The number of rotatable bonds is 5. The molecule has 0 spiro atoms. The van der Waals surface area contributed by atoms with E-state index in [2.05, 4.69) is 15.9 Å². The molecule has 0 saturated heterocycles. The van der Waals surface area contributed by atoms with Crippen molar-refractivity contribution < 1.29 is 14.3 Å². The fraction of sp³-hybridized carbons (Fsp3) is 0.120. The van der Waals surface area contributed by atoms with Gasteiger partial charge in [0.15, 0.2) is 0 Å². The van der Waals surface area contributed by atoms with Crippen molar-refractivity contribution in [2.45, 2.75) is 6.92 Å². The van der Waals surface area contributed by atoms with Crippen molar-refractivity contribution >= 4 is 39.4 Å². The molecule has 0 radical (unpaired) electrons. The van der Waals surface area contributed by atoms with Crippen LogP contribution in [0.2, 0.25) is 0 Å². The number of hydrogen-bond acceptors (Lipinski definition) is 4. The topological polar surface area (TPSA) is 51.1 Å². The molecule has 3 aromatic rings. The lowest BCUT2D eigenvalue weighted by Crippen LogP contribution is -2.32. The van der Waals surface area contributed by atoms with E-state index in [4.69, 9.17) is 14.5 Å². The van der Waals surface area contributed by atoms with E-state index in [0.29, 0.717) is 23.0 Å². The van der Waals surface area contributed by atoms with Crippen molar-refractivity contribution in [1.82, 2.24) is 0 Å². The molecule has 6 heteroatoms. The third-order valence-electron chi connectivity index (χ3n) is 4.97. The maximum atomic E-state index is 13.5. The van der Waals surface area contributed by atoms with E-state index in [0.717, 1.165) is 26.9 Å². The third-order valence-corrected chi connectivity index (χ3v) is 5.66. The zero-order valence-corrected chi connectivity index (χ0v) is 19.0. The number of amides is 1. The Bertz CT molecular complexity index is 1220. The lowest BCUT2D eigenvalue weighted by Gasteiger charge is -2.19. The number of carbonyl (C=O) groups excluding carboxylic acids is 1. The number of nitrogens with zero attached hydrogens (tertiary/aromatic N) is 2. The van der Waals surface area contributed by atoms with Crippen LogP contribution in [0.1, 0.15) is 16.7 Å². The molecular formula is C25H21BrN2O3. The van der Waals surface area contributed by atoms with Gasteiger partial charge in [-0.3, -0.25) is 9.69 Å². The first kappa shape index (κ1) is 20.9. The van der Waals surface area contributed by atoms with E-state index < -0.39 is 0 Å². The molecule has 156 valence electrons. The second kappa shape index (κ2) is 8.78.